The predicted molar refractivity (Wildman–Crippen MR) is 70.5 cm³/mol. The quantitative estimate of drug-likeness (QED) is 0.853. The Kier molecular flexibility index (Phi) is 5.02. The van der Waals surface area contributed by atoms with E-state index in [0.29, 0.717) is 6.61 Å². The van der Waals surface area contributed by atoms with Gasteiger partial charge in [0.15, 0.2) is 0 Å². The highest BCUT2D eigenvalue weighted by Crippen LogP contribution is 2.03. The third-order valence-corrected chi connectivity index (χ3v) is 3.13. The normalized spacial score (nSPS) is 16.2. The molecule has 0 spiro atoms. The van der Waals surface area contributed by atoms with Gasteiger partial charge in [0.05, 0.1) is 6.61 Å². The SMILES string of the molecule is O=C(NC1CCNCC1)OCCc1ccccc1. The molecule has 0 aromatic heterocycles. The molecule has 98 valence electrons. The second kappa shape index (κ2) is 7.01. The van der Waals surface area contributed by atoms with Gasteiger partial charge in [-0.05, 0) is 31.5 Å². The van der Waals surface area contributed by atoms with Gasteiger partial charge in [-0.1, -0.05) is 30.3 Å². The molecule has 1 heterocycles. The number of ether oxygens (including phenoxy) is 1. The summed E-state index contributed by atoms with van der Waals surface area (Å²) in [6.07, 6.45) is 2.43. The monoisotopic (exact) mass is 248 g/mol. The molecule has 4 heteroatoms. The van der Waals surface area contributed by atoms with Crippen molar-refractivity contribution in [3.63, 3.8) is 0 Å². The first-order valence-corrected chi connectivity index (χ1v) is 6.52. The zero-order valence-corrected chi connectivity index (χ0v) is 10.5. The molecule has 18 heavy (non-hydrogen) atoms. The third kappa shape index (κ3) is 4.37. The number of carbonyl (C=O) groups is 1. The lowest BCUT2D eigenvalue weighted by molar-refractivity contribution is 0.141. The summed E-state index contributed by atoms with van der Waals surface area (Å²) in [4.78, 5) is 11.5. The van der Waals surface area contributed by atoms with Crippen LogP contribution in [0.5, 0.6) is 0 Å². The van der Waals surface area contributed by atoms with Gasteiger partial charge < -0.3 is 15.4 Å². The van der Waals surface area contributed by atoms with Crippen LogP contribution in [-0.4, -0.2) is 31.8 Å². The van der Waals surface area contributed by atoms with Crippen LogP contribution in [0.4, 0.5) is 4.79 Å². The minimum absolute atomic E-state index is 0.260. The number of hydrogen-bond acceptors (Lipinski definition) is 3. The van der Waals surface area contributed by atoms with Crippen molar-refractivity contribution >= 4 is 6.09 Å². The van der Waals surface area contributed by atoms with Crippen LogP contribution in [0.15, 0.2) is 30.3 Å². The molecule has 1 aliphatic rings. The standard InChI is InChI=1S/C14H20N2O2/c17-14(16-13-6-9-15-10-7-13)18-11-8-12-4-2-1-3-5-12/h1-5,13,15H,6-11H2,(H,16,17). The first-order chi connectivity index (χ1) is 8.84. The molecule has 1 aliphatic heterocycles. The van der Waals surface area contributed by atoms with E-state index in [0.717, 1.165) is 32.4 Å². The first kappa shape index (κ1) is 12.9. The molecule has 2 N–H and O–H groups in total. The van der Waals surface area contributed by atoms with E-state index < -0.39 is 0 Å². The molecule has 1 amide bonds. The van der Waals surface area contributed by atoms with E-state index in [9.17, 15) is 4.79 Å². The highest BCUT2D eigenvalue weighted by atomic mass is 16.5. The fraction of sp³-hybridized carbons (Fsp3) is 0.500. The maximum atomic E-state index is 11.5. The summed E-state index contributed by atoms with van der Waals surface area (Å²) in [5.41, 5.74) is 1.19. The van der Waals surface area contributed by atoms with E-state index in [4.69, 9.17) is 4.74 Å². The van der Waals surface area contributed by atoms with Crippen molar-refractivity contribution in [2.24, 2.45) is 0 Å². The van der Waals surface area contributed by atoms with Crippen LogP contribution >= 0.6 is 0 Å². The van der Waals surface area contributed by atoms with Crippen molar-refractivity contribution in [2.75, 3.05) is 19.7 Å². The molecule has 0 aliphatic carbocycles. The molecule has 0 bridgehead atoms. The van der Waals surface area contributed by atoms with Gasteiger partial charge >= 0.3 is 6.09 Å². The molecule has 0 radical (unpaired) electrons. The Morgan fingerprint density at radius 2 is 2.00 bits per heavy atom. The summed E-state index contributed by atoms with van der Waals surface area (Å²) in [6, 6.07) is 10.3. The summed E-state index contributed by atoms with van der Waals surface area (Å²) in [5, 5.41) is 6.16. The predicted octanol–water partition coefficient (Wildman–Crippen LogP) is 1.71. The third-order valence-electron chi connectivity index (χ3n) is 3.13. The number of alkyl carbamates (subject to hydrolysis) is 1. The second-order valence-corrected chi connectivity index (χ2v) is 4.54. The number of carbonyl (C=O) groups excluding carboxylic acids is 1. The second-order valence-electron chi connectivity index (χ2n) is 4.54. The Hall–Kier alpha value is -1.55. The molecule has 1 aromatic carbocycles. The molecule has 0 saturated carbocycles. The molecule has 0 unspecified atom stereocenters. The lowest BCUT2D eigenvalue weighted by Gasteiger charge is -2.23. The minimum atomic E-state index is -0.294. The Morgan fingerprint density at radius 3 is 2.72 bits per heavy atom. The molecule has 1 aromatic rings. The van der Waals surface area contributed by atoms with Crippen LogP contribution in [0.1, 0.15) is 18.4 Å². The van der Waals surface area contributed by atoms with Crippen molar-refractivity contribution in [1.29, 1.82) is 0 Å². The van der Waals surface area contributed by atoms with Gasteiger partial charge in [0.1, 0.15) is 0 Å². The van der Waals surface area contributed by atoms with E-state index in [1.165, 1.54) is 5.56 Å². The van der Waals surface area contributed by atoms with Crippen LogP contribution in [0.25, 0.3) is 0 Å². The van der Waals surface area contributed by atoms with Crippen LogP contribution in [-0.2, 0) is 11.2 Å². The zero-order chi connectivity index (χ0) is 12.6. The molecule has 1 saturated heterocycles. The fourth-order valence-corrected chi connectivity index (χ4v) is 2.08. The van der Waals surface area contributed by atoms with E-state index in [1.54, 1.807) is 0 Å². The molecular formula is C14H20N2O2. The van der Waals surface area contributed by atoms with Crippen molar-refractivity contribution in [1.82, 2.24) is 10.6 Å². The summed E-state index contributed by atoms with van der Waals surface area (Å²) in [5.74, 6) is 0. The number of hydrogen-bond donors (Lipinski definition) is 2. The van der Waals surface area contributed by atoms with Crippen LogP contribution in [0.3, 0.4) is 0 Å². The highest BCUT2D eigenvalue weighted by molar-refractivity contribution is 5.67. The Bertz CT molecular complexity index is 361. The van der Waals surface area contributed by atoms with Gasteiger partial charge in [0, 0.05) is 12.5 Å². The average molecular weight is 248 g/mol. The Morgan fingerprint density at radius 1 is 1.28 bits per heavy atom. The van der Waals surface area contributed by atoms with Crippen LogP contribution in [0, 0.1) is 0 Å². The van der Waals surface area contributed by atoms with Gasteiger partial charge in [-0.3, -0.25) is 0 Å². The topological polar surface area (TPSA) is 50.4 Å². The highest BCUT2D eigenvalue weighted by Gasteiger charge is 2.15. The molecule has 2 rings (SSSR count). The van der Waals surface area contributed by atoms with Gasteiger partial charge in [-0.15, -0.1) is 0 Å². The maximum Gasteiger partial charge on any atom is 0.407 e. The molecule has 1 fully saturated rings. The van der Waals surface area contributed by atoms with Crippen molar-refractivity contribution in [2.45, 2.75) is 25.3 Å². The summed E-state index contributed by atoms with van der Waals surface area (Å²) >= 11 is 0. The fourth-order valence-electron chi connectivity index (χ4n) is 2.08. The van der Waals surface area contributed by atoms with Gasteiger partial charge in [-0.25, -0.2) is 4.79 Å². The van der Waals surface area contributed by atoms with Crippen molar-refractivity contribution in [3.8, 4) is 0 Å². The summed E-state index contributed by atoms with van der Waals surface area (Å²) in [6.45, 7) is 2.37. The lowest BCUT2D eigenvalue weighted by Crippen LogP contribution is -2.43. The van der Waals surface area contributed by atoms with E-state index in [2.05, 4.69) is 10.6 Å². The van der Waals surface area contributed by atoms with E-state index in [1.807, 2.05) is 30.3 Å². The smallest absolute Gasteiger partial charge is 0.407 e. The van der Waals surface area contributed by atoms with Gasteiger partial charge in [0.25, 0.3) is 0 Å². The van der Waals surface area contributed by atoms with E-state index >= 15 is 0 Å². The number of nitrogens with one attached hydrogen (secondary N) is 2. The Labute approximate surface area is 108 Å². The first-order valence-electron chi connectivity index (χ1n) is 6.52. The lowest BCUT2D eigenvalue weighted by atomic mass is 10.1. The Balaban J connectivity index is 1.62. The largest absolute Gasteiger partial charge is 0.449 e. The average Bonchev–Trinajstić information content (AvgIpc) is 2.41. The maximum absolute atomic E-state index is 11.5. The molecular weight excluding hydrogens is 228 g/mol. The number of rotatable bonds is 4. The molecule has 0 atom stereocenters. The van der Waals surface area contributed by atoms with Gasteiger partial charge in [-0.2, -0.15) is 0 Å². The minimum Gasteiger partial charge on any atom is -0.449 e. The summed E-state index contributed by atoms with van der Waals surface area (Å²) in [7, 11) is 0. The van der Waals surface area contributed by atoms with Crippen LogP contribution in [0.2, 0.25) is 0 Å². The van der Waals surface area contributed by atoms with Gasteiger partial charge in [0.2, 0.25) is 0 Å². The number of benzene rings is 1. The zero-order valence-electron chi connectivity index (χ0n) is 10.5. The van der Waals surface area contributed by atoms with Crippen molar-refractivity contribution < 1.29 is 9.53 Å². The molecule has 4 nitrogen and oxygen atoms in total. The number of piperidine rings is 1. The number of amides is 1. The van der Waals surface area contributed by atoms with Crippen LogP contribution < -0.4 is 10.6 Å². The summed E-state index contributed by atoms with van der Waals surface area (Å²) < 4.78 is 5.18. The van der Waals surface area contributed by atoms with E-state index in [-0.39, 0.29) is 12.1 Å². The van der Waals surface area contributed by atoms with Crippen molar-refractivity contribution in [3.05, 3.63) is 35.9 Å².